The molecule has 3 rings (SSSR count). The first-order valence-electron chi connectivity index (χ1n) is 8.59. The number of fused-ring (bicyclic) bond motifs is 1. The molecule has 0 aromatic carbocycles. The van der Waals surface area contributed by atoms with Crippen LogP contribution >= 0.6 is 22.6 Å². The van der Waals surface area contributed by atoms with Crippen molar-refractivity contribution in [2.45, 2.75) is 47.6 Å². The zero-order valence-electron chi connectivity index (χ0n) is 15.0. The van der Waals surface area contributed by atoms with Gasteiger partial charge in [0, 0.05) is 11.8 Å². The van der Waals surface area contributed by atoms with E-state index in [9.17, 15) is 22.8 Å². The summed E-state index contributed by atoms with van der Waals surface area (Å²) in [7, 11) is -2.75. The third kappa shape index (κ3) is 3.46. The van der Waals surface area contributed by atoms with E-state index < -0.39 is 73.3 Å². The molecule has 0 radical (unpaired) electrons. The molecule has 0 aromatic heterocycles. The Balaban J connectivity index is 1.69. The average molecular weight is 516 g/mol. The van der Waals surface area contributed by atoms with Gasteiger partial charge < -0.3 is 14.2 Å². The maximum atomic E-state index is 12.3. The minimum absolute atomic E-state index is 0.397. The molecule has 1 aliphatic heterocycles. The molecule has 0 spiro atoms. The summed E-state index contributed by atoms with van der Waals surface area (Å²) in [6, 6.07) is 0. The van der Waals surface area contributed by atoms with Gasteiger partial charge in [0.15, 0.2) is 6.61 Å². The predicted molar refractivity (Wildman–Crippen MR) is 98.2 cm³/mol. The van der Waals surface area contributed by atoms with Gasteiger partial charge in [0.2, 0.25) is 0 Å². The monoisotopic (exact) mass is 516 g/mol. The summed E-state index contributed by atoms with van der Waals surface area (Å²) in [6.07, 6.45) is -0.774. The minimum atomic E-state index is -3.93. The fourth-order valence-electron chi connectivity index (χ4n) is 4.20. The van der Waals surface area contributed by atoms with E-state index in [1.54, 1.807) is 6.92 Å². The van der Waals surface area contributed by atoms with Crippen molar-refractivity contribution in [1.29, 1.82) is 0 Å². The summed E-state index contributed by atoms with van der Waals surface area (Å²) < 4.78 is 44.0. The van der Waals surface area contributed by atoms with Crippen LogP contribution in [0.1, 0.15) is 26.7 Å². The maximum absolute atomic E-state index is 12.3. The summed E-state index contributed by atoms with van der Waals surface area (Å²) in [5.41, 5.74) is 0. The molecule has 11 heteroatoms. The van der Waals surface area contributed by atoms with Gasteiger partial charge in [0.05, 0.1) is 13.0 Å². The maximum Gasteiger partial charge on any atom is 0.344 e. The number of hydrogen-bond acceptors (Lipinski definition) is 9. The van der Waals surface area contributed by atoms with Gasteiger partial charge in [0.1, 0.15) is 20.9 Å². The number of carbonyl (C=O) groups excluding carboxylic acids is 3. The van der Waals surface area contributed by atoms with Crippen LogP contribution in [0.3, 0.4) is 0 Å². The molecule has 1 heterocycles. The summed E-state index contributed by atoms with van der Waals surface area (Å²) in [6.45, 7) is 2.93. The molecule has 9 nitrogen and oxygen atoms in total. The molecule has 3 aliphatic rings. The zero-order valence-corrected chi connectivity index (χ0v) is 18.0. The lowest BCUT2D eigenvalue weighted by molar-refractivity contribution is -0.170. The second-order valence-electron chi connectivity index (χ2n) is 7.21. The Hall–Kier alpha value is -0.950. The molecule has 2 saturated carbocycles. The topological polar surface area (TPSA) is 122 Å². The van der Waals surface area contributed by atoms with Crippen LogP contribution in [0, 0.1) is 17.8 Å². The highest BCUT2D eigenvalue weighted by molar-refractivity contribution is 14.1. The van der Waals surface area contributed by atoms with Crippen LogP contribution in [0.5, 0.6) is 0 Å². The second-order valence-corrected chi connectivity index (χ2v) is 11.3. The van der Waals surface area contributed by atoms with E-state index >= 15 is 0 Å². The number of carbonyl (C=O) groups is 3. The fraction of sp³-hybridized carbons (Fsp3) is 0.812. The molecule has 0 amide bonds. The van der Waals surface area contributed by atoms with Crippen molar-refractivity contribution in [2.75, 3.05) is 13.7 Å². The molecule has 152 valence electrons. The van der Waals surface area contributed by atoms with Crippen LogP contribution in [0.15, 0.2) is 0 Å². The van der Waals surface area contributed by atoms with Crippen LogP contribution in [0.25, 0.3) is 0 Å². The van der Waals surface area contributed by atoms with Gasteiger partial charge in [-0.2, -0.15) is 8.42 Å². The predicted octanol–water partition coefficient (Wildman–Crippen LogP) is 0.581. The lowest BCUT2D eigenvalue weighted by atomic mass is 9.84. The van der Waals surface area contributed by atoms with Gasteiger partial charge in [-0.3, -0.25) is 13.8 Å². The van der Waals surface area contributed by atoms with Gasteiger partial charge in [-0.15, -0.1) is 0 Å². The first kappa shape index (κ1) is 20.8. The van der Waals surface area contributed by atoms with Gasteiger partial charge in [-0.05, 0) is 19.8 Å². The van der Waals surface area contributed by atoms with Crippen LogP contribution in [0.2, 0.25) is 0 Å². The van der Waals surface area contributed by atoms with Crippen LogP contribution in [0.4, 0.5) is 0 Å². The molecule has 2 bridgehead atoms. The standard InChI is InChI=1S/C16H21IO9S/c1-4-16(2,17)15(20)24-6-9(18)25-11-7-5-8-12(11)26-27(21,22)13(8)10(7)14(19)23-3/h7-8,10-13H,4-6H2,1-3H3. The third-order valence-electron chi connectivity index (χ3n) is 5.68. The number of ether oxygens (including phenoxy) is 3. The molecule has 3 fully saturated rings. The van der Waals surface area contributed by atoms with E-state index in [1.165, 1.54) is 7.11 Å². The molecular weight excluding hydrogens is 495 g/mol. The first-order valence-corrected chi connectivity index (χ1v) is 11.1. The van der Waals surface area contributed by atoms with Crippen LogP contribution in [-0.4, -0.2) is 60.9 Å². The number of hydrogen-bond donors (Lipinski definition) is 0. The Kier molecular flexibility index (Phi) is 5.49. The Labute approximate surface area is 170 Å². The van der Waals surface area contributed by atoms with Gasteiger partial charge >= 0.3 is 17.9 Å². The number of methoxy groups -OCH3 is 1. The molecular formula is C16H21IO9S. The van der Waals surface area contributed by atoms with Crippen molar-refractivity contribution < 1.29 is 41.2 Å². The quantitative estimate of drug-likeness (QED) is 0.164. The van der Waals surface area contributed by atoms with E-state index in [4.69, 9.17) is 18.4 Å². The van der Waals surface area contributed by atoms with Crippen molar-refractivity contribution in [1.82, 2.24) is 0 Å². The summed E-state index contributed by atoms with van der Waals surface area (Å²) in [5.74, 6) is -3.85. The van der Waals surface area contributed by atoms with E-state index in [0.717, 1.165) is 0 Å². The van der Waals surface area contributed by atoms with Crippen molar-refractivity contribution in [3.63, 3.8) is 0 Å². The highest BCUT2D eigenvalue weighted by Crippen LogP contribution is 2.58. The molecule has 7 unspecified atom stereocenters. The number of esters is 3. The van der Waals surface area contributed by atoms with Crippen LogP contribution in [-0.2, 0) is 42.9 Å². The Morgan fingerprint density at radius 2 is 1.93 bits per heavy atom. The fourth-order valence-corrected chi connectivity index (χ4v) is 6.41. The summed E-state index contributed by atoms with van der Waals surface area (Å²) in [5, 5.41) is -0.961. The van der Waals surface area contributed by atoms with E-state index in [1.807, 2.05) is 29.5 Å². The number of halogens is 1. The van der Waals surface area contributed by atoms with E-state index in [-0.39, 0.29) is 0 Å². The lowest BCUT2D eigenvalue weighted by Gasteiger charge is -2.29. The SMILES string of the molecule is CCC(C)(I)C(=O)OCC(=O)OC1C2CC3C1OS(=O)(=O)C3C2C(=O)OC. The highest BCUT2D eigenvalue weighted by atomic mass is 127. The minimum Gasteiger partial charge on any atom is -0.469 e. The van der Waals surface area contributed by atoms with Crippen LogP contribution < -0.4 is 0 Å². The second kappa shape index (κ2) is 7.14. The van der Waals surface area contributed by atoms with Gasteiger partial charge in [-0.1, -0.05) is 29.5 Å². The van der Waals surface area contributed by atoms with E-state index in [2.05, 4.69) is 0 Å². The summed E-state index contributed by atoms with van der Waals surface area (Å²) in [4.78, 5) is 36.2. The Morgan fingerprint density at radius 3 is 2.52 bits per heavy atom. The van der Waals surface area contributed by atoms with E-state index in [0.29, 0.717) is 12.8 Å². The van der Waals surface area contributed by atoms with Crippen molar-refractivity contribution in [3.05, 3.63) is 0 Å². The summed E-state index contributed by atoms with van der Waals surface area (Å²) >= 11 is 1.95. The Bertz CT molecular complexity index is 762. The largest absolute Gasteiger partial charge is 0.469 e. The molecule has 2 aliphatic carbocycles. The van der Waals surface area contributed by atoms with Crippen molar-refractivity contribution in [2.24, 2.45) is 17.8 Å². The van der Waals surface area contributed by atoms with Gasteiger partial charge in [0.25, 0.3) is 10.1 Å². The average Bonchev–Trinajstić information content (AvgIpc) is 3.21. The molecule has 27 heavy (non-hydrogen) atoms. The van der Waals surface area contributed by atoms with Gasteiger partial charge in [-0.25, -0.2) is 4.79 Å². The lowest BCUT2D eigenvalue weighted by Crippen LogP contribution is -2.46. The third-order valence-corrected chi connectivity index (χ3v) is 8.68. The number of alkyl halides is 1. The van der Waals surface area contributed by atoms with Crippen molar-refractivity contribution >= 4 is 50.6 Å². The molecule has 0 N–H and O–H groups in total. The molecule has 1 saturated heterocycles. The smallest absolute Gasteiger partial charge is 0.344 e. The van der Waals surface area contributed by atoms with Crippen molar-refractivity contribution in [3.8, 4) is 0 Å². The number of rotatable bonds is 6. The molecule has 0 aromatic rings. The first-order chi connectivity index (χ1) is 12.5. The Morgan fingerprint density at radius 1 is 1.26 bits per heavy atom. The normalized spacial score (nSPS) is 37.5. The zero-order chi connectivity index (χ0) is 20.1. The highest BCUT2D eigenvalue weighted by Gasteiger charge is 2.72. The molecule has 7 atom stereocenters.